The quantitative estimate of drug-likeness (QED) is 0.404. The molecule has 0 spiro atoms. The van der Waals surface area contributed by atoms with Crippen LogP contribution in [0.25, 0.3) is 21.0 Å². The molecule has 0 fully saturated rings. The number of nitrogens with zero attached hydrogens (tertiary/aromatic N) is 2. The highest BCUT2D eigenvalue weighted by molar-refractivity contribution is 7.16. The topological polar surface area (TPSA) is 60.7 Å². The summed E-state index contributed by atoms with van der Waals surface area (Å²) in [6.45, 7) is -0.113. The van der Waals surface area contributed by atoms with E-state index in [9.17, 15) is 9.59 Å². The number of hydrogen-bond acceptors (Lipinski definition) is 4. The molecule has 0 saturated carbocycles. The van der Waals surface area contributed by atoms with Crippen molar-refractivity contribution in [3.63, 3.8) is 0 Å². The van der Waals surface area contributed by atoms with Crippen LogP contribution < -0.4 is 4.80 Å². The van der Waals surface area contributed by atoms with Crippen LogP contribution in [0, 0.1) is 0 Å². The highest BCUT2D eigenvalue weighted by Crippen LogP contribution is 2.29. The van der Waals surface area contributed by atoms with Crippen LogP contribution in [0.4, 0.5) is 0 Å². The number of aromatic nitrogens is 1. The van der Waals surface area contributed by atoms with Crippen molar-refractivity contribution in [2.24, 2.45) is 4.99 Å². The van der Waals surface area contributed by atoms with Crippen LogP contribution in [0.5, 0.6) is 0 Å². The Bertz CT molecular complexity index is 1350. The second-order valence-corrected chi connectivity index (χ2v) is 8.45. The molecule has 0 aliphatic rings. The lowest BCUT2D eigenvalue weighted by atomic mass is 10.0. The Kier molecular flexibility index (Phi) is 5.90. The number of fused-ring (bicyclic) bond motifs is 2. The summed E-state index contributed by atoms with van der Waals surface area (Å²) in [5.41, 5.74) is 1.48. The molecule has 0 aliphatic carbocycles. The van der Waals surface area contributed by atoms with Gasteiger partial charge in [0.2, 0.25) is 0 Å². The van der Waals surface area contributed by atoms with E-state index in [1.165, 1.54) is 18.4 Å². The number of carbonyl (C=O) groups is 2. The van der Waals surface area contributed by atoms with Crippen molar-refractivity contribution < 1.29 is 14.3 Å². The fraction of sp³-hybridized carbons (Fsp3) is 0.136. The van der Waals surface area contributed by atoms with Crippen LogP contribution in [-0.4, -0.2) is 23.6 Å². The lowest BCUT2D eigenvalue weighted by molar-refractivity contribution is -0.141. The Labute approximate surface area is 186 Å². The number of amides is 1. The molecule has 0 aliphatic heterocycles. The molecular formula is C22H16Cl2N2O3S. The van der Waals surface area contributed by atoms with Crippen molar-refractivity contribution in [3.8, 4) is 0 Å². The van der Waals surface area contributed by atoms with E-state index in [0.717, 1.165) is 21.0 Å². The first-order valence-corrected chi connectivity index (χ1v) is 10.6. The highest BCUT2D eigenvalue weighted by atomic mass is 35.5. The smallest absolute Gasteiger partial charge is 0.325 e. The summed E-state index contributed by atoms with van der Waals surface area (Å²) in [5, 5.41) is 2.91. The van der Waals surface area contributed by atoms with E-state index >= 15 is 0 Å². The summed E-state index contributed by atoms with van der Waals surface area (Å²) in [6, 6.07) is 17.0. The van der Waals surface area contributed by atoms with Gasteiger partial charge in [-0.05, 0) is 28.5 Å². The highest BCUT2D eigenvalue weighted by Gasteiger charge is 2.15. The zero-order valence-electron chi connectivity index (χ0n) is 15.9. The van der Waals surface area contributed by atoms with Crippen LogP contribution in [-0.2, 0) is 27.3 Å². The van der Waals surface area contributed by atoms with E-state index in [2.05, 4.69) is 4.99 Å². The van der Waals surface area contributed by atoms with Gasteiger partial charge in [-0.15, -0.1) is 0 Å². The number of esters is 1. The Hall–Kier alpha value is -2.67. The van der Waals surface area contributed by atoms with Crippen molar-refractivity contribution in [3.05, 3.63) is 75.0 Å². The maximum absolute atomic E-state index is 12.8. The standard InChI is InChI=1S/C22H16Cl2N2O3S/c1-29-20(28)12-26-21-17(24)10-15(23)11-18(21)30-22(26)25-19(27)9-14-7-4-6-13-5-2-3-8-16(13)14/h2-8,10-11H,9,12H2,1H3. The molecule has 5 nitrogen and oxygen atoms in total. The van der Waals surface area contributed by atoms with Crippen molar-refractivity contribution in [2.45, 2.75) is 13.0 Å². The minimum Gasteiger partial charge on any atom is -0.468 e. The first kappa shape index (κ1) is 20.6. The van der Waals surface area contributed by atoms with Gasteiger partial charge >= 0.3 is 5.97 Å². The summed E-state index contributed by atoms with van der Waals surface area (Å²) in [4.78, 5) is 29.4. The summed E-state index contributed by atoms with van der Waals surface area (Å²) >= 11 is 13.7. The van der Waals surface area contributed by atoms with Gasteiger partial charge in [0, 0.05) is 5.02 Å². The zero-order chi connectivity index (χ0) is 21.3. The van der Waals surface area contributed by atoms with Crippen molar-refractivity contribution in [2.75, 3.05) is 7.11 Å². The van der Waals surface area contributed by atoms with E-state index in [0.29, 0.717) is 20.4 Å². The predicted octanol–water partition coefficient (Wildman–Crippen LogP) is 5.01. The number of rotatable bonds is 4. The lowest BCUT2D eigenvalue weighted by Gasteiger charge is -2.06. The van der Waals surface area contributed by atoms with Crippen molar-refractivity contribution in [1.82, 2.24) is 4.57 Å². The van der Waals surface area contributed by atoms with Gasteiger partial charge in [-0.3, -0.25) is 9.59 Å². The Morgan fingerprint density at radius 1 is 1.10 bits per heavy atom. The molecule has 0 N–H and O–H groups in total. The molecule has 152 valence electrons. The lowest BCUT2D eigenvalue weighted by Crippen LogP contribution is -2.22. The monoisotopic (exact) mass is 458 g/mol. The molecule has 3 aromatic carbocycles. The van der Waals surface area contributed by atoms with Gasteiger partial charge in [0.05, 0.1) is 28.8 Å². The summed E-state index contributed by atoms with van der Waals surface area (Å²) in [7, 11) is 1.30. The van der Waals surface area contributed by atoms with Crippen molar-refractivity contribution >= 4 is 67.4 Å². The molecule has 1 amide bonds. The van der Waals surface area contributed by atoms with Crippen LogP contribution in [0.2, 0.25) is 10.0 Å². The van der Waals surface area contributed by atoms with Crippen LogP contribution in [0.1, 0.15) is 5.56 Å². The van der Waals surface area contributed by atoms with E-state index < -0.39 is 5.97 Å². The predicted molar refractivity (Wildman–Crippen MR) is 120 cm³/mol. The van der Waals surface area contributed by atoms with E-state index in [1.54, 1.807) is 16.7 Å². The number of ether oxygens (including phenoxy) is 1. The van der Waals surface area contributed by atoms with Gasteiger partial charge in [0.25, 0.3) is 5.91 Å². The Morgan fingerprint density at radius 3 is 2.67 bits per heavy atom. The van der Waals surface area contributed by atoms with Crippen LogP contribution in [0.3, 0.4) is 0 Å². The number of hydrogen-bond donors (Lipinski definition) is 0. The van der Waals surface area contributed by atoms with Gasteiger partial charge < -0.3 is 9.30 Å². The third kappa shape index (κ3) is 4.12. The molecule has 8 heteroatoms. The fourth-order valence-corrected chi connectivity index (χ4v) is 5.14. The molecule has 0 atom stereocenters. The van der Waals surface area contributed by atoms with Crippen LogP contribution in [0.15, 0.2) is 59.6 Å². The summed E-state index contributed by atoms with van der Waals surface area (Å²) < 4.78 is 7.11. The molecule has 1 heterocycles. The van der Waals surface area contributed by atoms with E-state index in [-0.39, 0.29) is 18.9 Å². The molecule has 4 rings (SSSR count). The maximum atomic E-state index is 12.8. The number of methoxy groups -OCH3 is 1. The van der Waals surface area contributed by atoms with Gasteiger partial charge in [-0.2, -0.15) is 4.99 Å². The second-order valence-electron chi connectivity index (χ2n) is 6.60. The number of carbonyl (C=O) groups excluding carboxylic acids is 2. The molecule has 4 aromatic rings. The second kappa shape index (κ2) is 8.60. The minimum atomic E-state index is -0.469. The molecule has 30 heavy (non-hydrogen) atoms. The van der Waals surface area contributed by atoms with Crippen LogP contribution >= 0.6 is 34.5 Å². The first-order valence-electron chi connectivity index (χ1n) is 9.05. The van der Waals surface area contributed by atoms with Gasteiger partial charge in [-0.25, -0.2) is 0 Å². The maximum Gasteiger partial charge on any atom is 0.325 e. The molecule has 0 radical (unpaired) electrons. The number of thiazole rings is 1. The fourth-order valence-electron chi connectivity index (χ4n) is 3.31. The average molecular weight is 459 g/mol. The van der Waals surface area contributed by atoms with E-state index in [1.807, 2.05) is 42.5 Å². The molecule has 1 aromatic heterocycles. The molecule has 0 unspecified atom stereocenters. The normalized spacial score (nSPS) is 11.9. The SMILES string of the molecule is COC(=O)Cn1c(=NC(=O)Cc2cccc3ccccc23)sc2cc(Cl)cc(Cl)c21. The van der Waals surface area contributed by atoms with Gasteiger partial charge in [0.1, 0.15) is 6.54 Å². The zero-order valence-corrected chi connectivity index (χ0v) is 18.2. The minimum absolute atomic E-state index is 0.113. The summed E-state index contributed by atoms with van der Waals surface area (Å²) in [5.74, 6) is -0.789. The first-order chi connectivity index (χ1) is 14.5. The van der Waals surface area contributed by atoms with Crippen molar-refractivity contribution in [1.29, 1.82) is 0 Å². The Morgan fingerprint density at radius 2 is 1.87 bits per heavy atom. The largest absolute Gasteiger partial charge is 0.468 e. The number of halogens is 2. The Balaban J connectivity index is 1.79. The third-order valence-corrected chi connectivity index (χ3v) is 6.18. The van der Waals surface area contributed by atoms with Gasteiger partial charge in [0.15, 0.2) is 4.80 Å². The molecule has 0 bridgehead atoms. The molecule has 0 saturated heterocycles. The van der Waals surface area contributed by atoms with Gasteiger partial charge in [-0.1, -0.05) is 77.0 Å². The van der Waals surface area contributed by atoms with E-state index in [4.69, 9.17) is 27.9 Å². The third-order valence-electron chi connectivity index (χ3n) is 4.65. The summed E-state index contributed by atoms with van der Waals surface area (Å²) in [6.07, 6.45) is 0.141. The average Bonchev–Trinajstić information content (AvgIpc) is 3.04. The molecular weight excluding hydrogens is 443 g/mol. The number of benzene rings is 3.